The van der Waals surface area contributed by atoms with Crippen molar-refractivity contribution in [3.63, 3.8) is 0 Å². The van der Waals surface area contributed by atoms with Gasteiger partial charge in [0.05, 0.1) is 18.7 Å². The van der Waals surface area contributed by atoms with E-state index in [0.717, 1.165) is 4.88 Å². The van der Waals surface area contributed by atoms with Gasteiger partial charge >= 0.3 is 5.97 Å². The molecule has 0 bridgehead atoms. The highest BCUT2D eigenvalue weighted by atomic mass is 32.1. The topological polar surface area (TPSA) is 87.7 Å². The van der Waals surface area contributed by atoms with Crippen LogP contribution in [0.4, 0.5) is 0 Å². The van der Waals surface area contributed by atoms with Gasteiger partial charge in [-0.3, -0.25) is 4.79 Å². The fourth-order valence-electron chi connectivity index (χ4n) is 1.24. The average Bonchev–Trinajstić information content (AvgIpc) is 2.78. The zero-order valence-corrected chi connectivity index (χ0v) is 10.9. The van der Waals surface area contributed by atoms with Crippen molar-refractivity contribution in [2.45, 2.75) is 6.54 Å². The quantitative estimate of drug-likeness (QED) is 0.592. The first-order valence-electron chi connectivity index (χ1n) is 5.40. The minimum Gasteiger partial charge on any atom is -0.478 e. The Morgan fingerprint density at radius 2 is 2.28 bits per heavy atom. The summed E-state index contributed by atoms with van der Waals surface area (Å²) >= 11 is 1.36. The van der Waals surface area contributed by atoms with Crippen LogP contribution >= 0.6 is 11.3 Å². The van der Waals surface area contributed by atoms with Crippen molar-refractivity contribution in [1.29, 1.82) is 0 Å². The summed E-state index contributed by atoms with van der Waals surface area (Å²) in [6, 6.07) is 1.60. The summed E-state index contributed by atoms with van der Waals surface area (Å²) in [5, 5.41) is 15.9. The zero-order chi connectivity index (χ0) is 13.4. The molecule has 0 aliphatic carbocycles. The Bertz CT molecular complexity index is 406. The molecule has 1 aromatic heterocycles. The molecule has 1 rings (SSSR count). The number of carbonyl (C=O) groups is 2. The summed E-state index contributed by atoms with van der Waals surface area (Å²) in [4.78, 5) is 22.8. The highest BCUT2D eigenvalue weighted by Gasteiger charge is 2.06. The monoisotopic (exact) mass is 272 g/mol. The standard InChI is InChI=1S/C11H16N2O4S/c1-17-3-2-13-10(14)6-12-5-9-4-8(7-18-9)11(15)16/h4,7,12H,2-3,5-6H2,1H3,(H,13,14)(H,15,16). The lowest BCUT2D eigenvalue weighted by Crippen LogP contribution is -2.35. The molecule has 100 valence electrons. The number of ether oxygens (including phenoxy) is 1. The number of hydrogen-bond donors (Lipinski definition) is 3. The van der Waals surface area contributed by atoms with Crippen LogP contribution in [0.25, 0.3) is 0 Å². The largest absolute Gasteiger partial charge is 0.478 e. The number of thiophene rings is 1. The van der Waals surface area contributed by atoms with E-state index in [1.54, 1.807) is 18.6 Å². The van der Waals surface area contributed by atoms with Gasteiger partial charge in [-0.2, -0.15) is 0 Å². The van der Waals surface area contributed by atoms with E-state index < -0.39 is 5.97 Å². The summed E-state index contributed by atoms with van der Waals surface area (Å²) in [5.41, 5.74) is 0.279. The third kappa shape index (κ3) is 5.26. The van der Waals surface area contributed by atoms with E-state index in [9.17, 15) is 9.59 Å². The number of amides is 1. The summed E-state index contributed by atoms with van der Waals surface area (Å²) in [5.74, 6) is -1.04. The SMILES string of the molecule is COCCNC(=O)CNCc1cc(C(=O)O)cs1. The maximum Gasteiger partial charge on any atom is 0.336 e. The number of nitrogens with one attached hydrogen (secondary N) is 2. The summed E-state index contributed by atoms with van der Waals surface area (Å²) < 4.78 is 4.80. The van der Waals surface area contributed by atoms with E-state index in [1.807, 2.05) is 0 Å². The van der Waals surface area contributed by atoms with Crippen LogP contribution in [0.15, 0.2) is 11.4 Å². The normalized spacial score (nSPS) is 10.3. The van der Waals surface area contributed by atoms with E-state index in [1.165, 1.54) is 11.3 Å². The second kappa shape index (κ2) is 7.80. The third-order valence-electron chi connectivity index (χ3n) is 2.11. The zero-order valence-electron chi connectivity index (χ0n) is 10.1. The maximum atomic E-state index is 11.3. The molecule has 6 nitrogen and oxygen atoms in total. The highest BCUT2D eigenvalue weighted by Crippen LogP contribution is 2.14. The average molecular weight is 272 g/mol. The number of carboxylic acid groups (broad SMARTS) is 1. The number of carboxylic acids is 1. The second-order valence-electron chi connectivity index (χ2n) is 3.55. The van der Waals surface area contributed by atoms with Gasteiger partial charge < -0.3 is 20.5 Å². The van der Waals surface area contributed by atoms with Gasteiger partial charge in [0.1, 0.15) is 0 Å². The number of methoxy groups -OCH3 is 1. The Morgan fingerprint density at radius 3 is 2.89 bits per heavy atom. The van der Waals surface area contributed by atoms with Gasteiger partial charge in [-0.05, 0) is 6.07 Å². The summed E-state index contributed by atoms with van der Waals surface area (Å²) in [7, 11) is 1.57. The second-order valence-corrected chi connectivity index (χ2v) is 4.55. The van der Waals surface area contributed by atoms with Crippen molar-refractivity contribution in [2.24, 2.45) is 0 Å². The van der Waals surface area contributed by atoms with Gasteiger partial charge in [0.2, 0.25) is 5.91 Å². The number of rotatable bonds is 8. The van der Waals surface area contributed by atoms with Crippen LogP contribution in [-0.4, -0.2) is 43.8 Å². The van der Waals surface area contributed by atoms with Crippen LogP contribution in [0.5, 0.6) is 0 Å². The Labute approximate surface area is 109 Å². The van der Waals surface area contributed by atoms with Crippen molar-refractivity contribution in [3.05, 3.63) is 21.9 Å². The Kier molecular flexibility index (Phi) is 6.34. The fourth-order valence-corrected chi connectivity index (χ4v) is 2.07. The third-order valence-corrected chi connectivity index (χ3v) is 3.05. The minimum absolute atomic E-state index is 0.109. The van der Waals surface area contributed by atoms with E-state index in [2.05, 4.69) is 10.6 Å². The van der Waals surface area contributed by atoms with Gasteiger partial charge in [-0.15, -0.1) is 11.3 Å². The van der Waals surface area contributed by atoms with Crippen molar-refractivity contribution in [2.75, 3.05) is 26.8 Å². The van der Waals surface area contributed by atoms with Crippen LogP contribution in [0.1, 0.15) is 15.2 Å². The van der Waals surface area contributed by atoms with E-state index in [0.29, 0.717) is 19.7 Å². The van der Waals surface area contributed by atoms with Gasteiger partial charge in [0.15, 0.2) is 0 Å². The predicted octanol–water partition coefficient (Wildman–Crippen LogP) is 0.298. The first-order valence-corrected chi connectivity index (χ1v) is 6.28. The van der Waals surface area contributed by atoms with E-state index in [4.69, 9.17) is 9.84 Å². The van der Waals surface area contributed by atoms with Crippen molar-refractivity contribution < 1.29 is 19.4 Å². The van der Waals surface area contributed by atoms with Crippen LogP contribution in [0.2, 0.25) is 0 Å². The molecule has 1 heterocycles. The smallest absolute Gasteiger partial charge is 0.336 e. The van der Waals surface area contributed by atoms with Gasteiger partial charge in [0.25, 0.3) is 0 Å². The van der Waals surface area contributed by atoms with Crippen LogP contribution in [-0.2, 0) is 16.1 Å². The first kappa shape index (κ1) is 14.6. The van der Waals surface area contributed by atoms with Crippen LogP contribution < -0.4 is 10.6 Å². The van der Waals surface area contributed by atoms with Crippen LogP contribution in [0.3, 0.4) is 0 Å². The lowest BCUT2D eigenvalue weighted by atomic mass is 10.3. The van der Waals surface area contributed by atoms with Crippen molar-refractivity contribution >= 4 is 23.2 Å². The molecule has 7 heteroatoms. The van der Waals surface area contributed by atoms with Gasteiger partial charge in [-0.25, -0.2) is 4.79 Å². The fraction of sp³-hybridized carbons (Fsp3) is 0.455. The first-order chi connectivity index (χ1) is 8.63. The molecule has 3 N–H and O–H groups in total. The van der Waals surface area contributed by atoms with E-state index in [-0.39, 0.29) is 18.0 Å². The summed E-state index contributed by atoms with van der Waals surface area (Å²) in [6.07, 6.45) is 0. The Balaban J connectivity index is 2.20. The highest BCUT2D eigenvalue weighted by molar-refractivity contribution is 7.10. The molecule has 0 radical (unpaired) electrons. The van der Waals surface area contributed by atoms with Gasteiger partial charge in [0, 0.05) is 30.5 Å². The minimum atomic E-state index is -0.935. The lowest BCUT2D eigenvalue weighted by Gasteiger charge is -2.05. The number of carbonyl (C=O) groups excluding carboxylic acids is 1. The van der Waals surface area contributed by atoms with Gasteiger partial charge in [-0.1, -0.05) is 0 Å². The lowest BCUT2D eigenvalue weighted by molar-refractivity contribution is -0.120. The van der Waals surface area contributed by atoms with E-state index >= 15 is 0 Å². The van der Waals surface area contributed by atoms with Crippen molar-refractivity contribution in [3.8, 4) is 0 Å². The molecular formula is C11H16N2O4S. The molecule has 1 aromatic rings. The predicted molar refractivity (Wildman–Crippen MR) is 67.9 cm³/mol. The maximum absolute atomic E-state index is 11.3. The molecule has 0 saturated carbocycles. The molecule has 0 fully saturated rings. The summed E-state index contributed by atoms with van der Waals surface area (Å²) in [6.45, 7) is 1.65. The molecule has 0 saturated heterocycles. The molecule has 0 aromatic carbocycles. The van der Waals surface area contributed by atoms with Crippen molar-refractivity contribution in [1.82, 2.24) is 10.6 Å². The Hall–Kier alpha value is -1.44. The molecule has 0 aliphatic heterocycles. The van der Waals surface area contributed by atoms with Crippen LogP contribution in [0, 0.1) is 0 Å². The molecule has 0 spiro atoms. The molecular weight excluding hydrogens is 256 g/mol. The molecule has 18 heavy (non-hydrogen) atoms. The number of hydrogen-bond acceptors (Lipinski definition) is 5. The molecule has 0 atom stereocenters. The molecule has 0 unspecified atom stereocenters. The molecule has 1 amide bonds. The number of aromatic carboxylic acids is 1. The molecule has 0 aliphatic rings. The Morgan fingerprint density at radius 1 is 1.50 bits per heavy atom.